The highest BCUT2D eigenvalue weighted by Gasteiger charge is 2.17. The third kappa shape index (κ3) is 3.74. The van der Waals surface area contributed by atoms with Gasteiger partial charge in [-0.25, -0.2) is 0 Å². The molecule has 100 valence electrons. The predicted octanol–water partition coefficient (Wildman–Crippen LogP) is 2.38. The predicted molar refractivity (Wildman–Crippen MR) is 74.0 cm³/mol. The Labute approximate surface area is 109 Å². The Morgan fingerprint density at radius 1 is 1.33 bits per heavy atom. The molecule has 0 heterocycles. The van der Waals surface area contributed by atoms with Crippen molar-refractivity contribution < 1.29 is 9.53 Å². The molecule has 0 fully saturated rings. The molecule has 0 spiro atoms. The second-order valence-electron chi connectivity index (χ2n) is 5.28. The van der Waals surface area contributed by atoms with Crippen molar-refractivity contribution in [1.29, 1.82) is 0 Å². The lowest BCUT2D eigenvalue weighted by atomic mass is 10.0. The summed E-state index contributed by atoms with van der Waals surface area (Å²) in [5.74, 6) is 0.750. The summed E-state index contributed by atoms with van der Waals surface area (Å²) in [6.07, 6.45) is 0.289. The van der Waals surface area contributed by atoms with Crippen LogP contribution in [0.5, 0.6) is 5.75 Å². The summed E-state index contributed by atoms with van der Waals surface area (Å²) in [5.41, 5.74) is 8.17. The maximum absolute atomic E-state index is 11.8. The summed E-state index contributed by atoms with van der Waals surface area (Å²) >= 11 is 0. The molecule has 1 aromatic rings. The lowest BCUT2D eigenvalue weighted by molar-refractivity contribution is -0.117. The van der Waals surface area contributed by atoms with E-state index in [0.29, 0.717) is 0 Å². The van der Waals surface area contributed by atoms with Crippen LogP contribution in [-0.2, 0) is 4.79 Å². The fourth-order valence-electron chi connectivity index (χ4n) is 1.76. The summed E-state index contributed by atoms with van der Waals surface area (Å²) in [6.45, 7) is 7.59. The molecule has 1 aromatic carbocycles. The van der Waals surface area contributed by atoms with Gasteiger partial charge in [-0.3, -0.25) is 4.79 Å². The number of anilines is 1. The van der Waals surface area contributed by atoms with Crippen LogP contribution in [0.15, 0.2) is 12.1 Å². The number of benzene rings is 1. The van der Waals surface area contributed by atoms with E-state index < -0.39 is 5.54 Å². The Kier molecular flexibility index (Phi) is 4.35. The second-order valence-corrected chi connectivity index (χ2v) is 5.28. The van der Waals surface area contributed by atoms with E-state index in [-0.39, 0.29) is 12.3 Å². The summed E-state index contributed by atoms with van der Waals surface area (Å²) in [4.78, 5) is 11.8. The maximum Gasteiger partial charge on any atom is 0.226 e. The van der Waals surface area contributed by atoms with E-state index in [4.69, 9.17) is 10.5 Å². The zero-order valence-electron chi connectivity index (χ0n) is 11.8. The monoisotopic (exact) mass is 250 g/mol. The molecule has 1 rings (SSSR count). The molecule has 0 aromatic heterocycles. The molecule has 4 heteroatoms. The molecule has 0 saturated heterocycles. The minimum Gasteiger partial charge on any atom is -0.496 e. The van der Waals surface area contributed by atoms with E-state index in [9.17, 15) is 4.79 Å². The Balaban J connectivity index is 2.86. The number of carbonyl (C=O) groups is 1. The average Bonchev–Trinajstić information content (AvgIpc) is 2.22. The van der Waals surface area contributed by atoms with Crippen molar-refractivity contribution in [2.24, 2.45) is 5.73 Å². The minimum absolute atomic E-state index is 0.0739. The standard InChI is InChI=1S/C14H22N2O2/c1-9-10(2)12(18-5)7-6-11(9)16-13(17)8-14(3,4)15/h6-7H,8,15H2,1-5H3,(H,16,17). The molecular weight excluding hydrogens is 228 g/mol. The first-order valence-corrected chi connectivity index (χ1v) is 5.97. The highest BCUT2D eigenvalue weighted by Crippen LogP contribution is 2.27. The Morgan fingerprint density at radius 2 is 1.94 bits per heavy atom. The third-order valence-electron chi connectivity index (χ3n) is 2.85. The van der Waals surface area contributed by atoms with E-state index in [2.05, 4.69) is 5.32 Å². The normalized spacial score (nSPS) is 11.2. The molecule has 0 aliphatic heterocycles. The molecule has 3 N–H and O–H groups in total. The number of methoxy groups -OCH3 is 1. The van der Waals surface area contributed by atoms with Gasteiger partial charge in [0.05, 0.1) is 7.11 Å². The van der Waals surface area contributed by atoms with Crippen LogP contribution in [0.4, 0.5) is 5.69 Å². The summed E-state index contributed by atoms with van der Waals surface area (Å²) < 4.78 is 5.23. The zero-order valence-corrected chi connectivity index (χ0v) is 11.8. The van der Waals surface area contributed by atoms with Crippen LogP contribution in [0.25, 0.3) is 0 Å². The Bertz CT molecular complexity index is 448. The van der Waals surface area contributed by atoms with Crippen LogP contribution in [0.1, 0.15) is 31.4 Å². The first-order valence-electron chi connectivity index (χ1n) is 5.97. The topological polar surface area (TPSA) is 64.3 Å². The molecule has 0 unspecified atom stereocenters. The number of amides is 1. The molecule has 0 radical (unpaired) electrons. The Hall–Kier alpha value is -1.55. The van der Waals surface area contributed by atoms with Crippen LogP contribution in [0.2, 0.25) is 0 Å². The summed E-state index contributed by atoms with van der Waals surface area (Å²) in [7, 11) is 1.64. The lowest BCUT2D eigenvalue weighted by Gasteiger charge is -2.19. The van der Waals surface area contributed by atoms with Crippen LogP contribution in [0, 0.1) is 13.8 Å². The molecule has 0 atom stereocenters. The van der Waals surface area contributed by atoms with Crippen LogP contribution >= 0.6 is 0 Å². The number of rotatable bonds is 4. The van der Waals surface area contributed by atoms with Crippen molar-refractivity contribution in [3.8, 4) is 5.75 Å². The molecule has 0 saturated carbocycles. The van der Waals surface area contributed by atoms with Crippen LogP contribution in [0.3, 0.4) is 0 Å². The van der Waals surface area contributed by atoms with Gasteiger partial charge < -0.3 is 15.8 Å². The number of carbonyl (C=O) groups excluding carboxylic acids is 1. The number of hydrogen-bond donors (Lipinski definition) is 2. The van der Waals surface area contributed by atoms with Gasteiger partial charge in [0.1, 0.15) is 5.75 Å². The average molecular weight is 250 g/mol. The van der Waals surface area contributed by atoms with E-state index in [1.807, 2.05) is 39.8 Å². The van der Waals surface area contributed by atoms with Gasteiger partial charge in [0.2, 0.25) is 5.91 Å². The van der Waals surface area contributed by atoms with Gasteiger partial charge in [0.25, 0.3) is 0 Å². The number of nitrogens with two attached hydrogens (primary N) is 1. The van der Waals surface area contributed by atoms with E-state index in [0.717, 1.165) is 22.6 Å². The highest BCUT2D eigenvalue weighted by molar-refractivity contribution is 5.92. The van der Waals surface area contributed by atoms with Crippen LogP contribution < -0.4 is 15.8 Å². The third-order valence-corrected chi connectivity index (χ3v) is 2.85. The van der Waals surface area contributed by atoms with Crippen molar-refractivity contribution in [3.05, 3.63) is 23.3 Å². The van der Waals surface area contributed by atoms with Crippen molar-refractivity contribution >= 4 is 11.6 Å². The first kappa shape index (κ1) is 14.5. The molecular formula is C14H22N2O2. The smallest absolute Gasteiger partial charge is 0.226 e. The van der Waals surface area contributed by atoms with Gasteiger partial charge in [-0.05, 0) is 51.0 Å². The quantitative estimate of drug-likeness (QED) is 0.862. The fourth-order valence-corrected chi connectivity index (χ4v) is 1.76. The molecule has 0 aliphatic carbocycles. The van der Waals surface area contributed by atoms with Crippen molar-refractivity contribution in [2.75, 3.05) is 12.4 Å². The number of nitrogens with one attached hydrogen (secondary N) is 1. The van der Waals surface area contributed by atoms with E-state index in [1.165, 1.54) is 0 Å². The van der Waals surface area contributed by atoms with Gasteiger partial charge in [-0.15, -0.1) is 0 Å². The molecule has 18 heavy (non-hydrogen) atoms. The first-order chi connectivity index (χ1) is 8.24. The molecule has 1 amide bonds. The number of ether oxygens (including phenoxy) is 1. The van der Waals surface area contributed by atoms with Crippen LogP contribution in [-0.4, -0.2) is 18.6 Å². The van der Waals surface area contributed by atoms with Gasteiger partial charge in [0, 0.05) is 17.6 Å². The molecule has 0 bridgehead atoms. The Morgan fingerprint density at radius 3 is 2.44 bits per heavy atom. The minimum atomic E-state index is -0.500. The zero-order chi connectivity index (χ0) is 13.9. The molecule has 4 nitrogen and oxygen atoms in total. The van der Waals surface area contributed by atoms with Crippen molar-refractivity contribution in [3.63, 3.8) is 0 Å². The summed E-state index contributed by atoms with van der Waals surface area (Å²) in [5, 5.41) is 2.88. The SMILES string of the molecule is COc1ccc(NC(=O)CC(C)(C)N)c(C)c1C. The van der Waals surface area contributed by atoms with Gasteiger partial charge in [-0.1, -0.05) is 0 Å². The largest absolute Gasteiger partial charge is 0.496 e. The number of hydrogen-bond acceptors (Lipinski definition) is 3. The van der Waals surface area contributed by atoms with Gasteiger partial charge >= 0.3 is 0 Å². The van der Waals surface area contributed by atoms with E-state index >= 15 is 0 Å². The fraction of sp³-hybridized carbons (Fsp3) is 0.500. The molecule has 0 aliphatic rings. The highest BCUT2D eigenvalue weighted by atomic mass is 16.5. The lowest BCUT2D eigenvalue weighted by Crippen LogP contribution is -2.36. The van der Waals surface area contributed by atoms with Crippen molar-refractivity contribution in [1.82, 2.24) is 0 Å². The summed E-state index contributed by atoms with van der Waals surface area (Å²) in [6, 6.07) is 3.70. The van der Waals surface area contributed by atoms with Crippen molar-refractivity contribution in [2.45, 2.75) is 39.7 Å². The van der Waals surface area contributed by atoms with Gasteiger partial charge in [-0.2, -0.15) is 0 Å². The van der Waals surface area contributed by atoms with Gasteiger partial charge in [0.15, 0.2) is 0 Å². The second kappa shape index (κ2) is 5.40. The van der Waals surface area contributed by atoms with E-state index in [1.54, 1.807) is 7.11 Å². The maximum atomic E-state index is 11.8.